The van der Waals surface area contributed by atoms with Crippen molar-refractivity contribution >= 4 is 35.8 Å². The van der Waals surface area contributed by atoms with Gasteiger partial charge in [0.1, 0.15) is 0 Å². The molecule has 2 fully saturated rings. The Balaban J connectivity index is 0.00000300. The normalized spacial score (nSPS) is 22.4. The fourth-order valence-electron chi connectivity index (χ4n) is 4.44. The zero-order valence-electron chi connectivity index (χ0n) is 18.0. The van der Waals surface area contributed by atoms with Crippen molar-refractivity contribution in [2.24, 2.45) is 4.99 Å². The number of carbonyl (C=O) groups is 1. The van der Waals surface area contributed by atoms with Crippen molar-refractivity contribution in [1.82, 2.24) is 20.0 Å². The molecule has 2 aliphatic rings. The summed E-state index contributed by atoms with van der Waals surface area (Å²) in [5, 5.41) is 3.53. The van der Waals surface area contributed by atoms with Crippen LogP contribution < -0.4 is 5.32 Å². The summed E-state index contributed by atoms with van der Waals surface area (Å²) in [4.78, 5) is 23.2. The number of benzene rings is 1. The molecule has 29 heavy (non-hydrogen) atoms. The van der Waals surface area contributed by atoms with E-state index in [2.05, 4.69) is 50.4 Å². The van der Waals surface area contributed by atoms with Crippen LogP contribution in [0.1, 0.15) is 37.2 Å². The molecule has 0 aromatic heterocycles. The lowest BCUT2D eigenvalue weighted by molar-refractivity contribution is -0.133. The molecule has 1 amide bonds. The van der Waals surface area contributed by atoms with Crippen LogP contribution in [0.5, 0.6) is 0 Å². The summed E-state index contributed by atoms with van der Waals surface area (Å²) >= 11 is 0. The first kappa shape index (κ1) is 23.9. The monoisotopic (exact) mass is 513 g/mol. The molecule has 1 aromatic rings. The predicted molar refractivity (Wildman–Crippen MR) is 130 cm³/mol. The second-order valence-electron chi connectivity index (χ2n) is 8.10. The van der Waals surface area contributed by atoms with E-state index in [0.29, 0.717) is 5.92 Å². The number of guanidine groups is 1. The molecule has 1 aromatic carbocycles. The average molecular weight is 513 g/mol. The van der Waals surface area contributed by atoms with Crippen LogP contribution in [0.2, 0.25) is 0 Å². The highest BCUT2D eigenvalue weighted by Gasteiger charge is 2.31. The Morgan fingerprint density at radius 2 is 1.97 bits per heavy atom. The van der Waals surface area contributed by atoms with Crippen molar-refractivity contribution in [3.8, 4) is 0 Å². The number of nitrogens with zero attached hydrogens (tertiary/aromatic N) is 4. The van der Waals surface area contributed by atoms with E-state index in [0.717, 1.165) is 57.9 Å². The lowest BCUT2D eigenvalue weighted by Crippen LogP contribution is -2.44. The summed E-state index contributed by atoms with van der Waals surface area (Å²) in [6.07, 6.45) is 4.30. The second kappa shape index (κ2) is 11.7. The minimum atomic E-state index is 0. The maximum atomic E-state index is 12.3. The minimum absolute atomic E-state index is 0. The van der Waals surface area contributed by atoms with E-state index in [1.807, 2.05) is 21.1 Å². The summed E-state index contributed by atoms with van der Waals surface area (Å²) in [5.41, 5.74) is 1.42. The molecule has 6 nitrogen and oxygen atoms in total. The maximum Gasteiger partial charge on any atom is 0.239 e. The third-order valence-corrected chi connectivity index (χ3v) is 5.97. The van der Waals surface area contributed by atoms with Crippen LogP contribution in [0.4, 0.5) is 0 Å². The lowest BCUT2D eigenvalue weighted by Gasteiger charge is -2.26. The van der Waals surface area contributed by atoms with Gasteiger partial charge in [-0.3, -0.25) is 14.7 Å². The number of halogens is 1. The van der Waals surface area contributed by atoms with Gasteiger partial charge in [-0.1, -0.05) is 30.3 Å². The van der Waals surface area contributed by atoms with Gasteiger partial charge in [0.15, 0.2) is 5.96 Å². The van der Waals surface area contributed by atoms with Crippen molar-refractivity contribution in [1.29, 1.82) is 0 Å². The number of rotatable bonds is 6. The summed E-state index contributed by atoms with van der Waals surface area (Å²) in [6, 6.07) is 10.8. The average Bonchev–Trinajstić information content (AvgIpc) is 3.38. The van der Waals surface area contributed by atoms with Gasteiger partial charge in [-0.05, 0) is 37.8 Å². The summed E-state index contributed by atoms with van der Waals surface area (Å²) in [6.45, 7) is 4.95. The third-order valence-electron chi connectivity index (χ3n) is 5.97. The van der Waals surface area contributed by atoms with Gasteiger partial charge in [0, 0.05) is 53.2 Å². The van der Waals surface area contributed by atoms with Crippen LogP contribution in [0.25, 0.3) is 0 Å². The van der Waals surface area contributed by atoms with E-state index in [9.17, 15) is 4.79 Å². The van der Waals surface area contributed by atoms with E-state index in [1.54, 1.807) is 4.90 Å². The fourth-order valence-corrected chi connectivity index (χ4v) is 4.44. The van der Waals surface area contributed by atoms with Gasteiger partial charge in [0.25, 0.3) is 0 Å². The SMILES string of the molecule is CN=C(NCCCN1CCCC1C(=O)N(C)C)N1CCC(c2ccccc2)C1.I. The molecule has 2 atom stereocenters. The molecule has 0 radical (unpaired) electrons. The number of nitrogens with one attached hydrogen (secondary N) is 1. The van der Waals surface area contributed by atoms with Crippen LogP contribution in [0.3, 0.4) is 0 Å². The molecule has 3 rings (SSSR count). The van der Waals surface area contributed by atoms with Gasteiger partial charge in [-0.25, -0.2) is 0 Å². The van der Waals surface area contributed by atoms with Crippen LogP contribution in [0.15, 0.2) is 35.3 Å². The molecule has 2 saturated heterocycles. The van der Waals surface area contributed by atoms with Crippen LogP contribution >= 0.6 is 24.0 Å². The number of hydrogen-bond acceptors (Lipinski definition) is 3. The Morgan fingerprint density at radius 1 is 1.21 bits per heavy atom. The van der Waals surface area contributed by atoms with Crippen molar-refractivity contribution < 1.29 is 4.79 Å². The highest BCUT2D eigenvalue weighted by Crippen LogP contribution is 2.26. The molecule has 7 heteroatoms. The fraction of sp³-hybridized carbons (Fsp3) is 0.636. The molecule has 1 N–H and O–H groups in total. The molecule has 0 bridgehead atoms. The second-order valence-corrected chi connectivity index (χ2v) is 8.10. The predicted octanol–water partition coefficient (Wildman–Crippen LogP) is 2.61. The van der Waals surface area contributed by atoms with Crippen LogP contribution in [-0.4, -0.2) is 86.5 Å². The van der Waals surface area contributed by atoms with Crippen molar-refractivity contribution in [3.63, 3.8) is 0 Å². The van der Waals surface area contributed by atoms with E-state index in [-0.39, 0.29) is 35.9 Å². The maximum absolute atomic E-state index is 12.3. The zero-order chi connectivity index (χ0) is 19.9. The number of hydrogen-bond donors (Lipinski definition) is 1. The van der Waals surface area contributed by atoms with Gasteiger partial charge < -0.3 is 15.1 Å². The summed E-state index contributed by atoms with van der Waals surface area (Å²) in [7, 11) is 5.57. The largest absolute Gasteiger partial charge is 0.356 e. The Hall–Kier alpha value is -1.35. The van der Waals surface area contributed by atoms with Gasteiger partial charge in [-0.15, -0.1) is 24.0 Å². The number of amides is 1. The summed E-state index contributed by atoms with van der Waals surface area (Å²) < 4.78 is 0. The molecule has 2 heterocycles. The van der Waals surface area contributed by atoms with E-state index in [4.69, 9.17) is 0 Å². The number of likely N-dealkylation sites (tertiary alicyclic amines) is 2. The molecule has 0 saturated carbocycles. The first-order chi connectivity index (χ1) is 13.6. The molecule has 2 aliphatic heterocycles. The van der Waals surface area contributed by atoms with Gasteiger partial charge >= 0.3 is 0 Å². The van der Waals surface area contributed by atoms with E-state index >= 15 is 0 Å². The van der Waals surface area contributed by atoms with Crippen molar-refractivity contribution in [2.75, 3.05) is 53.9 Å². The smallest absolute Gasteiger partial charge is 0.239 e. The number of aliphatic imine (C=N–C) groups is 1. The molecule has 162 valence electrons. The molecule has 0 spiro atoms. The standard InChI is InChI=1S/C22H35N5O.HI/c1-23-22(27-16-12-19(17-27)18-9-5-4-6-10-18)24-13-8-15-26-14-7-11-20(26)21(28)25(2)3;/h4-6,9-10,19-20H,7-8,11-17H2,1-3H3,(H,23,24);1H. The number of likely N-dealkylation sites (N-methyl/N-ethyl adjacent to an activating group) is 1. The molecular formula is C22H36IN5O. The quantitative estimate of drug-likeness (QED) is 0.275. The molecule has 0 aliphatic carbocycles. The molecule has 2 unspecified atom stereocenters. The first-order valence-electron chi connectivity index (χ1n) is 10.6. The lowest BCUT2D eigenvalue weighted by atomic mass is 9.99. The Morgan fingerprint density at radius 3 is 2.66 bits per heavy atom. The number of carbonyl (C=O) groups excluding carboxylic acids is 1. The minimum Gasteiger partial charge on any atom is -0.356 e. The Kier molecular flexibility index (Phi) is 9.68. The van der Waals surface area contributed by atoms with Crippen LogP contribution in [0, 0.1) is 0 Å². The summed E-state index contributed by atoms with van der Waals surface area (Å²) in [5.74, 6) is 1.83. The van der Waals surface area contributed by atoms with Crippen LogP contribution in [-0.2, 0) is 4.79 Å². The Labute approximate surface area is 192 Å². The van der Waals surface area contributed by atoms with Gasteiger partial charge in [0.05, 0.1) is 6.04 Å². The van der Waals surface area contributed by atoms with Gasteiger partial charge in [-0.2, -0.15) is 0 Å². The van der Waals surface area contributed by atoms with Gasteiger partial charge in [0.2, 0.25) is 5.91 Å². The van der Waals surface area contributed by atoms with E-state index in [1.165, 1.54) is 12.0 Å². The highest BCUT2D eigenvalue weighted by atomic mass is 127. The van der Waals surface area contributed by atoms with Crippen molar-refractivity contribution in [3.05, 3.63) is 35.9 Å². The zero-order valence-corrected chi connectivity index (χ0v) is 20.3. The third kappa shape index (κ3) is 6.31. The topological polar surface area (TPSA) is 51.2 Å². The molecular weight excluding hydrogens is 477 g/mol. The highest BCUT2D eigenvalue weighted by molar-refractivity contribution is 14.0. The van der Waals surface area contributed by atoms with E-state index < -0.39 is 0 Å². The first-order valence-corrected chi connectivity index (χ1v) is 10.6. The van der Waals surface area contributed by atoms with Crippen molar-refractivity contribution in [2.45, 2.75) is 37.6 Å². The Bertz CT molecular complexity index is 666.